The summed E-state index contributed by atoms with van der Waals surface area (Å²) in [6.07, 6.45) is 1.14. The number of hydrogen-bond donors (Lipinski definition) is 1. The van der Waals surface area contributed by atoms with Crippen LogP contribution in [0.4, 0.5) is 0 Å². The van der Waals surface area contributed by atoms with Gasteiger partial charge in [0.15, 0.2) is 0 Å². The van der Waals surface area contributed by atoms with Crippen molar-refractivity contribution in [2.24, 2.45) is 0 Å². The molecule has 0 aliphatic rings. The zero-order valence-corrected chi connectivity index (χ0v) is 11.7. The van der Waals surface area contributed by atoms with Crippen LogP contribution in [0.3, 0.4) is 0 Å². The molecule has 1 rings (SSSR count). The molecule has 1 aromatic carbocycles. The van der Waals surface area contributed by atoms with Crippen LogP contribution in [0.2, 0.25) is 0 Å². The lowest BCUT2D eigenvalue weighted by Crippen LogP contribution is -2.15. The fourth-order valence-corrected chi connectivity index (χ4v) is 1.74. The lowest BCUT2D eigenvalue weighted by Gasteiger charge is -2.23. The summed E-state index contributed by atoms with van der Waals surface area (Å²) in [5, 5.41) is 9.13. The van der Waals surface area contributed by atoms with Crippen LogP contribution in [-0.2, 0) is 5.41 Å². The van der Waals surface area contributed by atoms with Gasteiger partial charge in [-0.05, 0) is 48.0 Å². The zero-order valence-electron chi connectivity index (χ0n) is 11.7. The molecule has 0 aromatic heterocycles. The highest BCUT2D eigenvalue weighted by Gasteiger charge is 2.17. The molecule has 0 amide bonds. The van der Waals surface area contributed by atoms with E-state index < -0.39 is 0 Å². The molecule has 0 atom stereocenters. The molecule has 1 nitrogen and oxygen atoms in total. The smallest absolute Gasteiger partial charge is 0.0644 e. The SMILES string of the molecule is CCC(C)(C)c1ccc(C(C)=C(C)CO)cc1. The van der Waals surface area contributed by atoms with Gasteiger partial charge >= 0.3 is 0 Å². The van der Waals surface area contributed by atoms with Crippen molar-refractivity contribution >= 4 is 5.57 Å². The van der Waals surface area contributed by atoms with Gasteiger partial charge < -0.3 is 5.11 Å². The van der Waals surface area contributed by atoms with Gasteiger partial charge in [0, 0.05) is 0 Å². The van der Waals surface area contributed by atoms with E-state index >= 15 is 0 Å². The topological polar surface area (TPSA) is 20.2 Å². The summed E-state index contributed by atoms with van der Waals surface area (Å²) >= 11 is 0. The molecule has 0 aliphatic carbocycles. The van der Waals surface area contributed by atoms with Crippen molar-refractivity contribution in [3.8, 4) is 0 Å². The molecule has 0 fully saturated rings. The van der Waals surface area contributed by atoms with Crippen LogP contribution < -0.4 is 0 Å². The Hall–Kier alpha value is -1.08. The minimum Gasteiger partial charge on any atom is -0.392 e. The maximum absolute atomic E-state index is 9.13. The van der Waals surface area contributed by atoms with E-state index in [1.165, 1.54) is 16.7 Å². The molecule has 17 heavy (non-hydrogen) atoms. The standard InChI is InChI=1S/C16H24O/c1-6-16(4,5)15-9-7-14(8-10-15)13(3)12(2)11-17/h7-10,17H,6,11H2,1-5H3. The van der Waals surface area contributed by atoms with Crippen LogP contribution in [0.15, 0.2) is 29.8 Å². The molecule has 0 saturated carbocycles. The van der Waals surface area contributed by atoms with Crippen molar-refractivity contribution in [1.82, 2.24) is 0 Å². The summed E-state index contributed by atoms with van der Waals surface area (Å²) in [7, 11) is 0. The molecular weight excluding hydrogens is 208 g/mol. The second-order valence-corrected chi connectivity index (χ2v) is 5.38. The zero-order chi connectivity index (χ0) is 13.1. The summed E-state index contributed by atoms with van der Waals surface area (Å²) in [5.41, 5.74) is 5.02. The highest BCUT2D eigenvalue weighted by molar-refractivity contribution is 5.66. The predicted octanol–water partition coefficient (Wildman–Crippen LogP) is 4.16. The first-order valence-electron chi connectivity index (χ1n) is 6.30. The molecular formula is C16H24O. The number of allylic oxidation sites excluding steroid dienone is 1. The minimum atomic E-state index is 0.133. The predicted molar refractivity (Wildman–Crippen MR) is 75.1 cm³/mol. The monoisotopic (exact) mass is 232 g/mol. The fourth-order valence-electron chi connectivity index (χ4n) is 1.74. The quantitative estimate of drug-likeness (QED) is 0.826. The van der Waals surface area contributed by atoms with Crippen LogP contribution >= 0.6 is 0 Å². The maximum atomic E-state index is 9.13. The van der Waals surface area contributed by atoms with Crippen molar-refractivity contribution in [3.63, 3.8) is 0 Å². The third-order valence-electron chi connectivity index (χ3n) is 3.86. The van der Waals surface area contributed by atoms with E-state index in [0.29, 0.717) is 0 Å². The third kappa shape index (κ3) is 3.19. The van der Waals surface area contributed by atoms with Gasteiger partial charge in [0.2, 0.25) is 0 Å². The number of benzene rings is 1. The molecule has 94 valence electrons. The molecule has 0 unspecified atom stereocenters. The lowest BCUT2D eigenvalue weighted by molar-refractivity contribution is 0.332. The van der Waals surface area contributed by atoms with Gasteiger partial charge in [-0.15, -0.1) is 0 Å². The highest BCUT2D eigenvalue weighted by Crippen LogP contribution is 2.28. The van der Waals surface area contributed by atoms with Crippen LogP contribution in [0.1, 0.15) is 52.2 Å². The maximum Gasteiger partial charge on any atom is 0.0644 e. The molecule has 1 heteroatoms. The van der Waals surface area contributed by atoms with Crippen molar-refractivity contribution in [2.45, 2.75) is 46.5 Å². The van der Waals surface area contributed by atoms with Crippen LogP contribution in [0, 0.1) is 0 Å². The van der Waals surface area contributed by atoms with E-state index in [1.807, 2.05) is 6.92 Å². The molecule has 0 radical (unpaired) electrons. The van der Waals surface area contributed by atoms with E-state index in [2.05, 4.69) is 52.0 Å². The molecule has 0 aliphatic heterocycles. The van der Waals surface area contributed by atoms with E-state index in [9.17, 15) is 0 Å². The average Bonchev–Trinajstić information content (AvgIpc) is 2.37. The molecule has 0 heterocycles. The summed E-state index contributed by atoms with van der Waals surface area (Å²) in [6, 6.07) is 8.71. The third-order valence-corrected chi connectivity index (χ3v) is 3.86. The van der Waals surface area contributed by atoms with Gasteiger partial charge in [-0.1, -0.05) is 45.0 Å². The van der Waals surface area contributed by atoms with Crippen LogP contribution in [0.25, 0.3) is 5.57 Å². The number of rotatable bonds is 4. The summed E-state index contributed by atoms with van der Waals surface area (Å²) in [4.78, 5) is 0. The second kappa shape index (κ2) is 5.50. The van der Waals surface area contributed by atoms with Crippen molar-refractivity contribution < 1.29 is 5.11 Å². The van der Waals surface area contributed by atoms with Crippen molar-refractivity contribution in [1.29, 1.82) is 0 Å². The highest BCUT2D eigenvalue weighted by atomic mass is 16.3. The van der Waals surface area contributed by atoms with Crippen LogP contribution in [-0.4, -0.2) is 11.7 Å². The Morgan fingerprint density at radius 3 is 2.06 bits per heavy atom. The molecule has 1 N–H and O–H groups in total. The normalized spacial score (nSPS) is 13.5. The first-order chi connectivity index (χ1) is 7.92. The summed E-state index contributed by atoms with van der Waals surface area (Å²) in [6.45, 7) is 10.9. The van der Waals surface area contributed by atoms with Crippen LogP contribution in [0.5, 0.6) is 0 Å². The number of hydrogen-bond acceptors (Lipinski definition) is 1. The summed E-state index contributed by atoms with van der Waals surface area (Å²) < 4.78 is 0. The van der Waals surface area contributed by atoms with Crippen molar-refractivity contribution in [3.05, 3.63) is 41.0 Å². The van der Waals surface area contributed by atoms with E-state index in [0.717, 1.165) is 12.0 Å². The van der Waals surface area contributed by atoms with Gasteiger partial charge in [0.25, 0.3) is 0 Å². The Labute approximate surface area is 105 Å². The molecule has 0 spiro atoms. The van der Waals surface area contributed by atoms with Gasteiger partial charge in [-0.3, -0.25) is 0 Å². The Bertz CT molecular complexity index is 396. The van der Waals surface area contributed by atoms with Gasteiger partial charge in [0.05, 0.1) is 6.61 Å². The lowest BCUT2D eigenvalue weighted by atomic mass is 9.82. The van der Waals surface area contributed by atoms with E-state index in [4.69, 9.17) is 5.11 Å². The van der Waals surface area contributed by atoms with Gasteiger partial charge in [-0.2, -0.15) is 0 Å². The first-order valence-corrected chi connectivity index (χ1v) is 6.30. The van der Waals surface area contributed by atoms with Crippen molar-refractivity contribution in [2.75, 3.05) is 6.61 Å². The number of aliphatic hydroxyl groups excluding tert-OH is 1. The van der Waals surface area contributed by atoms with E-state index in [-0.39, 0.29) is 12.0 Å². The second-order valence-electron chi connectivity index (χ2n) is 5.38. The fraction of sp³-hybridized carbons (Fsp3) is 0.500. The minimum absolute atomic E-state index is 0.133. The summed E-state index contributed by atoms with van der Waals surface area (Å²) in [5.74, 6) is 0. The first kappa shape index (κ1) is 14.0. The Kier molecular flexibility index (Phi) is 4.53. The average molecular weight is 232 g/mol. The Morgan fingerprint density at radius 2 is 1.65 bits per heavy atom. The van der Waals surface area contributed by atoms with Gasteiger partial charge in [-0.25, -0.2) is 0 Å². The largest absolute Gasteiger partial charge is 0.392 e. The Morgan fingerprint density at radius 1 is 1.12 bits per heavy atom. The molecule has 0 bridgehead atoms. The van der Waals surface area contributed by atoms with Gasteiger partial charge in [0.1, 0.15) is 0 Å². The molecule has 1 aromatic rings. The molecule has 0 saturated heterocycles. The number of aliphatic hydroxyl groups is 1. The van der Waals surface area contributed by atoms with E-state index in [1.54, 1.807) is 0 Å². The Balaban J connectivity index is 3.05.